The van der Waals surface area contributed by atoms with Gasteiger partial charge in [-0.05, 0) is 43.7 Å². The maximum absolute atomic E-state index is 12.4. The highest BCUT2D eigenvalue weighted by molar-refractivity contribution is 7.89. The molecule has 1 aromatic carbocycles. The number of hydrogen-bond donors (Lipinski definition) is 2. The van der Waals surface area contributed by atoms with Gasteiger partial charge in [0.1, 0.15) is 0 Å². The van der Waals surface area contributed by atoms with Gasteiger partial charge in [0.25, 0.3) is 5.69 Å². The molecule has 1 aromatic rings. The number of nitrogens with one attached hydrogen (secondary N) is 1. The molecule has 0 bridgehead atoms. The van der Waals surface area contributed by atoms with Crippen molar-refractivity contribution in [3.63, 3.8) is 0 Å². The minimum atomic E-state index is -3.72. The Morgan fingerprint density at radius 1 is 1.38 bits per heavy atom. The molecular formula is C13H19N3O4S. The zero-order valence-electron chi connectivity index (χ0n) is 12.0. The summed E-state index contributed by atoms with van der Waals surface area (Å²) in [6, 6.07) is 2.35. The molecule has 1 atom stereocenters. The average Bonchev–Trinajstić information content (AvgIpc) is 3.18. The summed E-state index contributed by atoms with van der Waals surface area (Å²) in [6.07, 6.45) is 2.08. The highest BCUT2D eigenvalue weighted by Gasteiger charge is 2.30. The molecule has 0 radical (unpaired) electrons. The Morgan fingerprint density at radius 2 is 1.90 bits per heavy atom. The smallest absolute Gasteiger partial charge is 0.270 e. The van der Waals surface area contributed by atoms with E-state index in [1.807, 2.05) is 0 Å². The molecule has 0 amide bonds. The molecule has 1 aliphatic rings. The fraction of sp³-hybridized carbons (Fsp3) is 0.538. The molecule has 0 aliphatic heterocycles. The summed E-state index contributed by atoms with van der Waals surface area (Å²) in [4.78, 5) is 10.3. The fourth-order valence-corrected chi connectivity index (χ4v) is 3.95. The average molecular weight is 313 g/mol. The topological polar surface area (TPSA) is 115 Å². The van der Waals surface area contributed by atoms with Crippen LogP contribution in [0.5, 0.6) is 0 Å². The van der Waals surface area contributed by atoms with Crippen molar-refractivity contribution in [1.29, 1.82) is 0 Å². The van der Waals surface area contributed by atoms with Crippen molar-refractivity contribution in [2.24, 2.45) is 11.7 Å². The van der Waals surface area contributed by atoms with Crippen molar-refractivity contribution in [3.8, 4) is 0 Å². The summed E-state index contributed by atoms with van der Waals surface area (Å²) in [7, 11) is -3.72. The van der Waals surface area contributed by atoms with E-state index >= 15 is 0 Å². The van der Waals surface area contributed by atoms with Crippen LogP contribution >= 0.6 is 0 Å². The first-order chi connectivity index (χ1) is 9.72. The molecule has 1 unspecified atom stereocenters. The molecule has 2 rings (SSSR count). The number of nitrogens with two attached hydrogens (primary N) is 1. The molecule has 116 valence electrons. The van der Waals surface area contributed by atoms with E-state index in [1.165, 1.54) is 12.1 Å². The second-order valence-electron chi connectivity index (χ2n) is 5.52. The van der Waals surface area contributed by atoms with Crippen LogP contribution < -0.4 is 10.5 Å². The Hall–Kier alpha value is -1.51. The number of rotatable bonds is 6. The first-order valence-electron chi connectivity index (χ1n) is 6.73. The van der Waals surface area contributed by atoms with Gasteiger partial charge in [-0.1, -0.05) is 0 Å². The Labute approximate surface area is 123 Å². The number of non-ortho nitro benzene ring substituents is 1. The normalized spacial score (nSPS) is 16.7. The molecule has 0 saturated heterocycles. The van der Waals surface area contributed by atoms with Gasteiger partial charge in [0, 0.05) is 24.7 Å². The van der Waals surface area contributed by atoms with Crippen LogP contribution in [0.3, 0.4) is 0 Å². The molecule has 1 saturated carbocycles. The molecular weight excluding hydrogens is 294 g/mol. The van der Waals surface area contributed by atoms with Gasteiger partial charge in [-0.15, -0.1) is 0 Å². The van der Waals surface area contributed by atoms with E-state index in [-0.39, 0.29) is 23.2 Å². The van der Waals surface area contributed by atoms with E-state index in [2.05, 4.69) is 4.72 Å². The Morgan fingerprint density at radius 3 is 2.33 bits per heavy atom. The van der Waals surface area contributed by atoms with Crippen molar-refractivity contribution < 1.29 is 13.3 Å². The van der Waals surface area contributed by atoms with E-state index in [1.54, 1.807) is 13.8 Å². The maximum Gasteiger partial charge on any atom is 0.270 e. The van der Waals surface area contributed by atoms with Crippen LogP contribution in [-0.2, 0) is 10.0 Å². The van der Waals surface area contributed by atoms with Gasteiger partial charge in [-0.2, -0.15) is 0 Å². The molecule has 7 nitrogen and oxygen atoms in total. The quantitative estimate of drug-likeness (QED) is 0.605. The zero-order valence-corrected chi connectivity index (χ0v) is 12.8. The predicted molar refractivity (Wildman–Crippen MR) is 78.5 cm³/mol. The van der Waals surface area contributed by atoms with Crippen LogP contribution in [0.15, 0.2) is 17.0 Å². The standard InChI is InChI=1S/C13H19N3O4S/c1-8-5-11(16(17)18)6-9(2)13(8)21(19,20)15-7-12(14)10-3-4-10/h5-6,10,12,15H,3-4,7,14H2,1-2H3. The van der Waals surface area contributed by atoms with Gasteiger partial charge in [0.2, 0.25) is 10.0 Å². The van der Waals surface area contributed by atoms with Gasteiger partial charge in [-0.3, -0.25) is 10.1 Å². The summed E-state index contributed by atoms with van der Waals surface area (Å²) in [5.41, 5.74) is 6.49. The molecule has 0 spiro atoms. The van der Waals surface area contributed by atoms with Gasteiger partial charge < -0.3 is 5.73 Å². The summed E-state index contributed by atoms with van der Waals surface area (Å²) >= 11 is 0. The van der Waals surface area contributed by atoms with Gasteiger partial charge >= 0.3 is 0 Å². The number of aryl methyl sites for hydroxylation is 2. The molecule has 21 heavy (non-hydrogen) atoms. The van der Waals surface area contributed by atoms with E-state index < -0.39 is 14.9 Å². The molecule has 0 heterocycles. The van der Waals surface area contributed by atoms with Crippen LogP contribution in [-0.4, -0.2) is 25.9 Å². The lowest BCUT2D eigenvalue weighted by atomic mass is 10.1. The Bertz CT molecular complexity index is 645. The maximum atomic E-state index is 12.4. The summed E-state index contributed by atoms with van der Waals surface area (Å²) < 4.78 is 27.2. The van der Waals surface area contributed by atoms with Crippen LogP contribution in [0.25, 0.3) is 0 Å². The third-order valence-electron chi connectivity index (χ3n) is 3.66. The van der Waals surface area contributed by atoms with Crippen LogP contribution in [0.4, 0.5) is 5.69 Å². The number of sulfonamides is 1. The van der Waals surface area contributed by atoms with E-state index in [9.17, 15) is 18.5 Å². The molecule has 8 heteroatoms. The minimum Gasteiger partial charge on any atom is -0.326 e. The van der Waals surface area contributed by atoms with Crippen molar-refractivity contribution in [2.75, 3.05) is 6.54 Å². The van der Waals surface area contributed by atoms with Gasteiger partial charge in [0.15, 0.2) is 0 Å². The Balaban J connectivity index is 2.24. The van der Waals surface area contributed by atoms with Crippen molar-refractivity contribution in [1.82, 2.24) is 4.72 Å². The fourth-order valence-electron chi connectivity index (χ4n) is 2.43. The molecule has 1 fully saturated rings. The highest BCUT2D eigenvalue weighted by Crippen LogP contribution is 2.31. The van der Waals surface area contributed by atoms with Crippen LogP contribution in [0.2, 0.25) is 0 Å². The van der Waals surface area contributed by atoms with Crippen molar-refractivity contribution in [2.45, 2.75) is 37.6 Å². The number of nitro benzene ring substituents is 1. The largest absolute Gasteiger partial charge is 0.326 e. The third-order valence-corrected chi connectivity index (χ3v) is 5.39. The summed E-state index contributed by atoms with van der Waals surface area (Å²) in [6.45, 7) is 3.29. The number of benzene rings is 1. The molecule has 3 N–H and O–H groups in total. The first kappa shape index (κ1) is 15.9. The third kappa shape index (κ3) is 3.58. The van der Waals surface area contributed by atoms with Crippen molar-refractivity contribution in [3.05, 3.63) is 33.4 Å². The second kappa shape index (κ2) is 5.70. The number of nitrogens with zero attached hydrogens (tertiary/aromatic N) is 1. The summed E-state index contributed by atoms with van der Waals surface area (Å²) in [5.74, 6) is 0.395. The van der Waals surface area contributed by atoms with Crippen LogP contribution in [0, 0.1) is 29.9 Å². The van der Waals surface area contributed by atoms with Crippen molar-refractivity contribution >= 4 is 15.7 Å². The lowest BCUT2D eigenvalue weighted by Crippen LogP contribution is -2.38. The minimum absolute atomic E-state index is 0.0936. The van der Waals surface area contributed by atoms with Gasteiger partial charge in [0.05, 0.1) is 9.82 Å². The lowest BCUT2D eigenvalue weighted by molar-refractivity contribution is -0.385. The van der Waals surface area contributed by atoms with E-state index in [0.717, 1.165) is 12.8 Å². The van der Waals surface area contributed by atoms with E-state index in [0.29, 0.717) is 17.0 Å². The number of nitro groups is 1. The zero-order chi connectivity index (χ0) is 15.8. The summed E-state index contributed by atoms with van der Waals surface area (Å²) in [5, 5.41) is 10.8. The lowest BCUT2D eigenvalue weighted by Gasteiger charge is -2.15. The SMILES string of the molecule is Cc1cc([N+](=O)[O-])cc(C)c1S(=O)(=O)NCC(N)C1CC1. The van der Waals surface area contributed by atoms with E-state index in [4.69, 9.17) is 5.73 Å². The highest BCUT2D eigenvalue weighted by atomic mass is 32.2. The second-order valence-corrected chi connectivity index (χ2v) is 7.22. The molecule has 0 aromatic heterocycles. The first-order valence-corrected chi connectivity index (χ1v) is 8.21. The predicted octanol–water partition coefficient (Wildman–Crippen LogP) is 1.23. The monoisotopic (exact) mass is 313 g/mol. The number of hydrogen-bond acceptors (Lipinski definition) is 5. The van der Waals surface area contributed by atoms with Gasteiger partial charge in [-0.25, -0.2) is 13.1 Å². The molecule has 1 aliphatic carbocycles. The Kier molecular flexibility index (Phi) is 4.31. The van der Waals surface area contributed by atoms with Crippen LogP contribution in [0.1, 0.15) is 24.0 Å².